The summed E-state index contributed by atoms with van der Waals surface area (Å²) in [6.07, 6.45) is 1.33. The van der Waals surface area contributed by atoms with Gasteiger partial charge in [-0.05, 0) is 31.2 Å². The lowest BCUT2D eigenvalue weighted by Gasteiger charge is -2.10. The van der Waals surface area contributed by atoms with E-state index in [-0.39, 0.29) is 5.57 Å². The predicted octanol–water partition coefficient (Wildman–Crippen LogP) is 3.47. The molecule has 128 valence electrons. The van der Waals surface area contributed by atoms with Crippen LogP contribution in [0.1, 0.15) is 5.56 Å². The molecule has 0 unspecified atom stereocenters. The quantitative estimate of drug-likeness (QED) is 0.623. The fourth-order valence-electron chi connectivity index (χ4n) is 2.06. The monoisotopic (exact) mass is 337 g/mol. The van der Waals surface area contributed by atoms with Crippen molar-refractivity contribution in [2.24, 2.45) is 0 Å². The first-order valence-electron chi connectivity index (χ1n) is 7.54. The molecule has 6 heteroatoms. The lowest BCUT2D eigenvalue weighted by Crippen LogP contribution is -2.14. The molecule has 0 fully saturated rings. The van der Waals surface area contributed by atoms with E-state index < -0.39 is 5.91 Å². The molecule has 1 amide bonds. The number of aryl methyl sites for hydroxylation is 1. The number of anilines is 2. The summed E-state index contributed by atoms with van der Waals surface area (Å²) < 4.78 is 10.4. The van der Waals surface area contributed by atoms with Crippen LogP contribution in [0.5, 0.6) is 11.5 Å². The molecule has 0 aromatic heterocycles. The number of nitriles is 1. The molecular formula is C19H19N3O3. The number of rotatable bonds is 6. The second-order valence-electron chi connectivity index (χ2n) is 5.20. The van der Waals surface area contributed by atoms with Gasteiger partial charge in [-0.3, -0.25) is 4.79 Å². The van der Waals surface area contributed by atoms with Crippen molar-refractivity contribution in [3.05, 3.63) is 59.8 Å². The van der Waals surface area contributed by atoms with Crippen molar-refractivity contribution >= 4 is 17.3 Å². The van der Waals surface area contributed by atoms with E-state index in [9.17, 15) is 10.1 Å². The van der Waals surface area contributed by atoms with Crippen LogP contribution in [0.15, 0.2) is 54.2 Å². The van der Waals surface area contributed by atoms with Crippen molar-refractivity contribution in [2.45, 2.75) is 6.92 Å². The summed E-state index contributed by atoms with van der Waals surface area (Å²) in [5.41, 5.74) is 2.22. The molecule has 0 saturated carbocycles. The zero-order chi connectivity index (χ0) is 18.2. The zero-order valence-electron chi connectivity index (χ0n) is 14.3. The summed E-state index contributed by atoms with van der Waals surface area (Å²) in [6.45, 7) is 1.96. The molecule has 0 spiro atoms. The number of carbonyl (C=O) groups is 1. The second-order valence-corrected chi connectivity index (χ2v) is 5.20. The molecule has 25 heavy (non-hydrogen) atoms. The van der Waals surface area contributed by atoms with Crippen LogP contribution >= 0.6 is 0 Å². The number of amides is 1. The number of hydrogen-bond acceptors (Lipinski definition) is 5. The first-order valence-corrected chi connectivity index (χ1v) is 7.54. The molecular weight excluding hydrogens is 318 g/mol. The molecule has 2 aromatic rings. The lowest BCUT2D eigenvalue weighted by molar-refractivity contribution is -0.112. The fraction of sp³-hybridized carbons (Fsp3) is 0.158. The number of methoxy groups -OCH3 is 2. The van der Waals surface area contributed by atoms with E-state index in [0.29, 0.717) is 22.9 Å². The molecule has 6 nitrogen and oxygen atoms in total. The Hall–Kier alpha value is -3.46. The standard InChI is InChI=1S/C19H19N3O3/c1-13-4-6-15(7-5-13)22-19(23)14(11-20)12-21-17-10-16(24-2)8-9-18(17)25-3/h4-10,12,21H,1-3H3,(H,22,23)/b14-12-. The molecule has 0 radical (unpaired) electrons. The molecule has 0 aliphatic rings. The summed E-state index contributed by atoms with van der Waals surface area (Å²) in [4.78, 5) is 12.2. The van der Waals surface area contributed by atoms with Gasteiger partial charge in [0, 0.05) is 18.0 Å². The molecule has 0 aliphatic heterocycles. The zero-order valence-corrected chi connectivity index (χ0v) is 14.3. The van der Waals surface area contributed by atoms with Crippen molar-refractivity contribution in [3.63, 3.8) is 0 Å². The number of ether oxygens (including phenoxy) is 2. The Morgan fingerprint density at radius 3 is 2.44 bits per heavy atom. The fourth-order valence-corrected chi connectivity index (χ4v) is 2.06. The van der Waals surface area contributed by atoms with Gasteiger partial charge in [-0.1, -0.05) is 17.7 Å². The molecule has 2 aromatic carbocycles. The van der Waals surface area contributed by atoms with Crippen LogP contribution in [-0.2, 0) is 4.79 Å². The Balaban J connectivity index is 2.16. The highest BCUT2D eigenvalue weighted by Gasteiger charge is 2.10. The maximum absolute atomic E-state index is 12.2. The van der Waals surface area contributed by atoms with E-state index in [4.69, 9.17) is 9.47 Å². The normalized spacial score (nSPS) is 10.6. The Morgan fingerprint density at radius 1 is 1.12 bits per heavy atom. The van der Waals surface area contributed by atoms with E-state index in [1.165, 1.54) is 13.3 Å². The summed E-state index contributed by atoms with van der Waals surface area (Å²) in [5, 5.41) is 14.8. The van der Waals surface area contributed by atoms with Gasteiger partial charge in [-0.25, -0.2) is 0 Å². The first-order chi connectivity index (χ1) is 12.1. The number of carbonyl (C=O) groups excluding carboxylic acids is 1. The lowest BCUT2D eigenvalue weighted by atomic mass is 10.2. The minimum Gasteiger partial charge on any atom is -0.497 e. The van der Waals surface area contributed by atoms with Crippen LogP contribution in [0.4, 0.5) is 11.4 Å². The van der Waals surface area contributed by atoms with Gasteiger partial charge < -0.3 is 20.1 Å². The molecule has 0 atom stereocenters. The molecule has 0 aliphatic carbocycles. The van der Waals surface area contributed by atoms with Crippen LogP contribution in [0, 0.1) is 18.3 Å². The summed E-state index contributed by atoms with van der Waals surface area (Å²) in [6, 6.07) is 14.4. The van der Waals surface area contributed by atoms with Crippen LogP contribution in [0.3, 0.4) is 0 Å². The van der Waals surface area contributed by atoms with E-state index in [0.717, 1.165) is 5.56 Å². The van der Waals surface area contributed by atoms with Crippen LogP contribution < -0.4 is 20.1 Å². The van der Waals surface area contributed by atoms with Gasteiger partial charge in [0.1, 0.15) is 23.1 Å². The van der Waals surface area contributed by atoms with Gasteiger partial charge in [-0.15, -0.1) is 0 Å². The maximum atomic E-state index is 12.2. The largest absolute Gasteiger partial charge is 0.497 e. The van der Waals surface area contributed by atoms with Crippen LogP contribution in [0.25, 0.3) is 0 Å². The number of nitrogens with zero attached hydrogens (tertiary/aromatic N) is 1. The first kappa shape index (κ1) is 17.9. The number of nitrogens with one attached hydrogen (secondary N) is 2. The van der Waals surface area contributed by atoms with Gasteiger partial charge in [0.15, 0.2) is 0 Å². The highest BCUT2D eigenvalue weighted by molar-refractivity contribution is 6.06. The highest BCUT2D eigenvalue weighted by Crippen LogP contribution is 2.29. The molecule has 0 heterocycles. The second kappa shape index (κ2) is 8.41. The van der Waals surface area contributed by atoms with Crippen molar-refractivity contribution in [2.75, 3.05) is 24.9 Å². The predicted molar refractivity (Wildman–Crippen MR) is 96.7 cm³/mol. The van der Waals surface area contributed by atoms with Crippen molar-refractivity contribution in [1.29, 1.82) is 5.26 Å². The Bertz CT molecular complexity index is 821. The minimum absolute atomic E-state index is 0.0644. The molecule has 0 saturated heterocycles. The van der Waals surface area contributed by atoms with E-state index in [1.807, 2.05) is 25.1 Å². The molecule has 2 rings (SSSR count). The van der Waals surface area contributed by atoms with Crippen molar-refractivity contribution < 1.29 is 14.3 Å². The maximum Gasteiger partial charge on any atom is 0.267 e. The van der Waals surface area contributed by atoms with Crippen LogP contribution in [-0.4, -0.2) is 20.1 Å². The average Bonchev–Trinajstić information content (AvgIpc) is 2.64. The third kappa shape index (κ3) is 4.75. The Morgan fingerprint density at radius 2 is 1.84 bits per heavy atom. The van der Waals surface area contributed by atoms with E-state index in [2.05, 4.69) is 10.6 Å². The van der Waals surface area contributed by atoms with Gasteiger partial charge in [0.05, 0.1) is 19.9 Å². The third-order valence-electron chi connectivity index (χ3n) is 3.45. The SMILES string of the molecule is COc1ccc(OC)c(N/C=C(/C#N)C(=O)Nc2ccc(C)cc2)c1. The average molecular weight is 337 g/mol. The van der Waals surface area contributed by atoms with Gasteiger partial charge in [0.2, 0.25) is 0 Å². The summed E-state index contributed by atoms with van der Waals surface area (Å²) in [7, 11) is 3.09. The number of benzene rings is 2. The van der Waals surface area contributed by atoms with Crippen molar-refractivity contribution in [3.8, 4) is 17.6 Å². The van der Waals surface area contributed by atoms with Gasteiger partial charge in [0.25, 0.3) is 5.91 Å². The van der Waals surface area contributed by atoms with Crippen molar-refractivity contribution in [1.82, 2.24) is 0 Å². The summed E-state index contributed by atoms with van der Waals surface area (Å²) >= 11 is 0. The van der Waals surface area contributed by atoms with E-state index in [1.54, 1.807) is 37.4 Å². The summed E-state index contributed by atoms with van der Waals surface area (Å²) in [5.74, 6) is 0.688. The van der Waals surface area contributed by atoms with Gasteiger partial charge >= 0.3 is 0 Å². The topological polar surface area (TPSA) is 83.4 Å². The number of hydrogen-bond donors (Lipinski definition) is 2. The van der Waals surface area contributed by atoms with E-state index >= 15 is 0 Å². The molecule has 2 N–H and O–H groups in total. The molecule has 0 bridgehead atoms. The Labute approximate surface area is 146 Å². The van der Waals surface area contributed by atoms with Gasteiger partial charge in [-0.2, -0.15) is 5.26 Å². The minimum atomic E-state index is -0.499. The smallest absolute Gasteiger partial charge is 0.267 e. The highest BCUT2D eigenvalue weighted by atomic mass is 16.5. The Kier molecular flexibility index (Phi) is 6.02. The van der Waals surface area contributed by atoms with Crippen LogP contribution in [0.2, 0.25) is 0 Å². The third-order valence-corrected chi connectivity index (χ3v) is 3.45.